The van der Waals surface area contributed by atoms with Crippen LogP contribution in [0.5, 0.6) is 23.0 Å². The van der Waals surface area contributed by atoms with E-state index in [-0.39, 0.29) is 27.7 Å². The Morgan fingerprint density at radius 2 is 1.68 bits per heavy atom. The number of hydrogen-bond acceptors (Lipinski definition) is 7. The van der Waals surface area contributed by atoms with Gasteiger partial charge < -0.3 is 24.4 Å². The number of aliphatic hydroxyl groups excluding tert-OH is 1. The Hall–Kier alpha value is -4.17. The van der Waals surface area contributed by atoms with E-state index in [0.717, 1.165) is 0 Å². The number of aliphatic hydroxyl groups is 1. The van der Waals surface area contributed by atoms with Crippen molar-refractivity contribution in [3.63, 3.8) is 0 Å². The number of benzene rings is 3. The lowest BCUT2D eigenvalue weighted by Gasteiger charge is -2.26. The molecule has 198 valence electrons. The van der Waals surface area contributed by atoms with Crippen LogP contribution in [0.25, 0.3) is 5.76 Å². The lowest BCUT2D eigenvalue weighted by Crippen LogP contribution is -2.29. The number of hydrogen-bond donors (Lipinski definition) is 2. The van der Waals surface area contributed by atoms with Crippen molar-refractivity contribution in [1.82, 2.24) is 0 Å². The number of halogens is 1. The van der Waals surface area contributed by atoms with Crippen molar-refractivity contribution in [2.75, 3.05) is 25.7 Å². The third-order valence-corrected chi connectivity index (χ3v) is 6.35. The number of aromatic hydroxyl groups is 1. The van der Waals surface area contributed by atoms with Crippen LogP contribution in [0.15, 0.2) is 66.2 Å². The van der Waals surface area contributed by atoms with Crippen LogP contribution in [0.2, 0.25) is 5.02 Å². The molecule has 8 nitrogen and oxygen atoms in total. The maximum atomic E-state index is 13.4. The molecule has 0 aromatic heterocycles. The molecule has 0 spiro atoms. The van der Waals surface area contributed by atoms with E-state index in [2.05, 4.69) is 0 Å². The van der Waals surface area contributed by atoms with Crippen LogP contribution in [-0.4, -0.2) is 42.7 Å². The van der Waals surface area contributed by atoms with Gasteiger partial charge in [0.2, 0.25) is 0 Å². The van der Waals surface area contributed by atoms with Crippen LogP contribution in [0.4, 0.5) is 5.69 Å². The van der Waals surface area contributed by atoms with Crippen molar-refractivity contribution >= 4 is 34.7 Å². The molecule has 1 aliphatic rings. The predicted molar refractivity (Wildman–Crippen MR) is 144 cm³/mol. The third kappa shape index (κ3) is 5.13. The van der Waals surface area contributed by atoms with Gasteiger partial charge in [-0.3, -0.25) is 14.5 Å². The Morgan fingerprint density at radius 3 is 2.29 bits per heavy atom. The first-order chi connectivity index (χ1) is 18.2. The van der Waals surface area contributed by atoms with E-state index in [1.54, 1.807) is 36.4 Å². The molecule has 3 aromatic rings. The quantitative estimate of drug-likeness (QED) is 0.215. The monoisotopic (exact) mass is 537 g/mol. The summed E-state index contributed by atoms with van der Waals surface area (Å²) in [4.78, 5) is 28.1. The molecule has 4 rings (SSSR count). The van der Waals surface area contributed by atoms with E-state index in [1.165, 1.54) is 43.4 Å². The summed E-state index contributed by atoms with van der Waals surface area (Å²) in [6.07, 6.45) is 0. The molecule has 1 atom stereocenters. The minimum atomic E-state index is -1.05. The summed E-state index contributed by atoms with van der Waals surface area (Å²) in [7, 11) is 2.83. The smallest absolute Gasteiger partial charge is 0.300 e. The molecule has 3 aromatic carbocycles. The highest BCUT2D eigenvalue weighted by Crippen LogP contribution is 2.45. The van der Waals surface area contributed by atoms with Crippen molar-refractivity contribution < 1.29 is 34.0 Å². The molecule has 1 unspecified atom stereocenters. The Bertz CT molecular complexity index is 1400. The van der Waals surface area contributed by atoms with Crippen LogP contribution < -0.4 is 19.1 Å². The number of phenolic OH excluding ortho intramolecular Hbond substituents is 1. The average molecular weight is 538 g/mol. The number of methoxy groups -OCH3 is 2. The fourth-order valence-corrected chi connectivity index (χ4v) is 4.51. The molecule has 0 aliphatic carbocycles. The molecule has 0 bridgehead atoms. The van der Waals surface area contributed by atoms with Crippen molar-refractivity contribution in [2.24, 2.45) is 5.92 Å². The average Bonchev–Trinajstić information content (AvgIpc) is 3.17. The molecule has 1 heterocycles. The molecular formula is C29H28ClNO7. The molecule has 1 aliphatic heterocycles. The third-order valence-electron chi connectivity index (χ3n) is 6.06. The second-order valence-electron chi connectivity index (χ2n) is 9.15. The maximum absolute atomic E-state index is 13.4. The summed E-state index contributed by atoms with van der Waals surface area (Å²) >= 11 is 6.31. The fraction of sp³-hybridized carbons (Fsp3) is 0.241. The van der Waals surface area contributed by atoms with Gasteiger partial charge in [-0.25, -0.2) is 0 Å². The molecule has 1 amide bonds. The number of Topliss-reactive ketones (excluding diaryl/α,β-unsaturated/α-hetero) is 1. The highest BCUT2D eigenvalue weighted by molar-refractivity contribution is 6.51. The van der Waals surface area contributed by atoms with Crippen molar-refractivity contribution in [3.05, 3.63) is 82.4 Å². The number of phenols is 1. The van der Waals surface area contributed by atoms with E-state index in [0.29, 0.717) is 35.3 Å². The summed E-state index contributed by atoms with van der Waals surface area (Å²) < 4.78 is 16.4. The molecule has 38 heavy (non-hydrogen) atoms. The predicted octanol–water partition coefficient (Wildman–Crippen LogP) is 5.72. The minimum Gasteiger partial charge on any atom is -0.508 e. The largest absolute Gasteiger partial charge is 0.508 e. The zero-order chi connectivity index (χ0) is 27.6. The van der Waals surface area contributed by atoms with Crippen molar-refractivity contribution in [1.29, 1.82) is 0 Å². The summed E-state index contributed by atoms with van der Waals surface area (Å²) in [6, 6.07) is 14.8. The second-order valence-corrected chi connectivity index (χ2v) is 9.56. The van der Waals surface area contributed by atoms with Crippen LogP contribution in [0, 0.1) is 5.92 Å². The van der Waals surface area contributed by atoms with Gasteiger partial charge in [0.25, 0.3) is 11.7 Å². The summed E-state index contributed by atoms with van der Waals surface area (Å²) in [6.45, 7) is 4.60. The summed E-state index contributed by atoms with van der Waals surface area (Å²) in [5.41, 5.74) is 0.764. The number of ether oxygens (including phenoxy) is 3. The fourth-order valence-electron chi connectivity index (χ4n) is 4.27. The molecule has 9 heteroatoms. The molecular weight excluding hydrogens is 510 g/mol. The summed E-state index contributed by atoms with van der Waals surface area (Å²) in [5.74, 6) is -0.819. The van der Waals surface area contributed by atoms with Crippen molar-refractivity contribution in [2.45, 2.75) is 19.9 Å². The van der Waals surface area contributed by atoms with Crippen LogP contribution >= 0.6 is 11.6 Å². The van der Waals surface area contributed by atoms with Gasteiger partial charge in [-0.05, 0) is 53.9 Å². The molecule has 1 saturated heterocycles. The van der Waals surface area contributed by atoms with Crippen LogP contribution in [0.1, 0.15) is 31.0 Å². The standard InChI is InChI=1S/C29H28ClNO7/c1-16(2)15-38-20-10-8-18(9-11-20)31-26(17-6-5-7-19(32)12-17)25(28(34)29(31)35)27(33)21-13-22(30)24(37-4)14-23(21)36-3/h5-14,16,26,32-33H,15H2,1-4H3/b27-25+. The number of amides is 1. The van der Waals surface area contributed by atoms with Gasteiger partial charge in [-0.1, -0.05) is 37.6 Å². The highest BCUT2D eigenvalue weighted by Gasteiger charge is 2.47. The number of ketones is 1. The van der Waals surface area contributed by atoms with Gasteiger partial charge in [0, 0.05) is 11.8 Å². The molecule has 1 fully saturated rings. The summed E-state index contributed by atoms with van der Waals surface area (Å²) in [5, 5.41) is 21.8. The highest BCUT2D eigenvalue weighted by atomic mass is 35.5. The van der Waals surface area contributed by atoms with E-state index in [4.69, 9.17) is 25.8 Å². The van der Waals surface area contributed by atoms with Gasteiger partial charge in [0.15, 0.2) is 0 Å². The normalized spacial score (nSPS) is 16.7. The molecule has 0 radical (unpaired) electrons. The minimum absolute atomic E-state index is 0.0596. The lowest BCUT2D eigenvalue weighted by molar-refractivity contribution is -0.132. The zero-order valence-electron chi connectivity index (χ0n) is 21.4. The second kappa shape index (κ2) is 11.1. The number of carbonyl (C=O) groups is 2. The first-order valence-corrected chi connectivity index (χ1v) is 12.3. The molecule has 0 saturated carbocycles. The van der Waals surface area contributed by atoms with Gasteiger partial charge in [0.1, 0.15) is 28.8 Å². The maximum Gasteiger partial charge on any atom is 0.300 e. The van der Waals surface area contributed by atoms with Crippen LogP contribution in [-0.2, 0) is 9.59 Å². The SMILES string of the molecule is COc1cc(OC)c(/C(O)=C2\C(=O)C(=O)N(c3ccc(OCC(C)C)cc3)C2c2cccc(O)c2)cc1Cl. The van der Waals surface area contributed by atoms with Gasteiger partial charge >= 0.3 is 0 Å². The number of anilines is 1. The number of carbonyl (C=O) groups excluding carboxylic acids is 2. The van der Waals surface area contributed by atoms with Crippen LogP contribution in [0.3, 0.4) is 0 Å². The Labute approximate surface area is 225 Å². The van der Waals surface area contributed by atoms with E-state index < -0.39 is 23.5 Å². The van der Waals surface area contributed by atoms with E-state index >= 15 is 0 Å². The Morgan fingerprint density at radius 1 is 1.00 bits per heavy atom. The number of rotatable bonds is 8. The zero-order valence-corrected chi connectivity index (χ0v) is 22.2. The topological polar surface area (TPSA) is 106 Å². The van der Waals surface area contributed by atoms with Crippen molar-refractivity contribution in [3.8, 4) is 23.0 Å². The van der Waals surface area contributed by atoms with Gasteiger partial charge in [-0.2, -0.15) is 0 Å². The van der Waals surface area contributed by atoms with E-state index in [9.17, 15) is 19.8 Å². The first-order valence-electron chi connectivity index (χ1n) is 11.9. The van der Waals surface area contributed by atoms with Gasteiger partial charge in [-0.15, -0.1) is 0 Å². The van der Waals surface area contributed by atoms with E-state index in [1.807, 2.05) is 13.8 Å². The van der Waals surface area contributed by atoms with Gasteiger partial charge in [0.05, 0.1) is 43.0 Å². The Balaban J connectivity index is 1.89. The number of nitrogens with zero attached hydrogens (tertiary/aromatic N) is 1. The lowest BCUT2D eigenvalue weighted by atomic mass is 9.94. The Kier molecular flexibility index (Phi) is 7.83. The first kappa shape index (κ1) is 26.9. The molecule has 2 N–H and O–H groups in total.